The van der Waals surface area contributed by atoms with E-state index >= 15 is 0 Å². The van der Waals surface area contributed by atoms with Gasteiger partial charge in [-0.25, -0.2) is 0 Å². The SMILES string of the molecule is Cc1ccc(N(C(F)(Cl)Cl)S(=O)(=O)N(C)C)c(S)c1. The van der Waals surface area contributed by atoms with Crippen LogP contribution in [0.2, 0.25) is 0 Å². The largest absolute Gasteiger partial charge is 0.350 e. The van der Waals surface area contributed by atoms with Crippen LogP contribution in [-0.4, -0.2) is 31.5 Å². The number of aryl methyl sites for hydroxylation is 1. The van der Waals surface area contributed by atoms with E-state index in [4.69, 9.17) is 23.2 Å². The van der Waals surface area contributed by atoms with Crippen LogP contribution in [0.1, 0.15) is 5.56 Å². The van der Waals surface area contributed by atoms with Gasteiger partial charge in [0, 0.05) is 19.0 Å². The standard InChI is InChI=1S/C10H13Cl2FN2O2S2/c1-7-4-5-8(9(18)6-7)15(10(11,12)13)19(16,17)14(2)3/h4-6,18H,1-3H3. The average Bonchev–Trinajstić information content (AvgIpc) is 2.19. The molecule has 0 radical (unpaired) electrons. The summed E-state index contributed by atoms with van der Waals surface area (Å²) in [5, 5.41) is 0. The lowest BCUT2D eigenvalue weighted by atomic mass is 10.2. The van der Waals surface area contributed by atoms with Crippen molar-refractivity contribution in [2.75, 3.05) is 18.4 Å². The highest BCUT2D eigenvalue weighted by molar-refractivity contribution is 7.90. The van der Waals surface area contributed by atoms with E-state index in [9.17, 15) is 12.8 Å². The first kappa shape index (κ1) is 16.8. The number of thiol groups is 1. The summed E-state index contributed by atoms with van der Waals surface area (Å²) in [5.74, 6) is 0. The average molecular weight is 347 g/mol. The van der Waals surface area contributed by atoms with Crippen molar-refractivity contribution in [3.05, 3.63) is 23.8 Å². The van der Waals surface area contributed by atoms with Crippen LogP contribution in [0.25, 0.3) is 0 Å². The lowest BCUT2D eigenvalue weighted by Crippen LogP contribution is -2.47. The van der Waals surface area contributed by atoms with Gasteiger partial charge < -0.3 is 0 Å². The molecule has 0 bridgehead atoms. The Morgan fingerprint density at radius 3 is 2.21 bits per heavy atom. The molecule has 0 aliphatic rings. The van der Waals surface area contributed by atoms with E-state index in [0.29, 0.717) is 0 Å². The molecule has 1 aromatic carbocycles. The van der Waals surface area contributed by atoms with Crippen LogP contribution in [0.4, 0.5) is 10.1 Å². The molecule has 0 spiro atoms. The summed E-state index contributed by atoms with van der Waals surface area (Å²) in [4.78, 5) is 0.244. The van der Waals surface area contributed by atoms with Gasteiger partial charge in [0.05, 0.1) is 5.69 Å². The minimum Gasteiger partial charge on any atom is -0.195 e. The fraction of sp³-hybridized carbons (Fsp3) is 0.400. The van der Waals surface area contributed by atoms with Crippen LogP contribution < -0.4 is 4.31 Å². The Labute approximate surface area is 127 Å². The van der Waals surface area contributed by atoms with Crippen molar-refractivity contribution in [2.45, 2.75) is 16.5 Å². The summed E-state index contributed by atoms with van der Waals surface area (Å²) in [6, 6.07) is 4.57. The summed E-state index contributed by atoms with van der Waals surface area (Å²) < 4.78 is 36.1. The molecule has 0 unspecified atom stereocenters. The fourth-order valence-corrected chi connectivity index (χ4v) is 3.51. The normalized spacial score (nSPS) is 12.8. The van der Waals surface area contributed by atoms with E-state index in [1.165, 1.54) is 20.2 Å². The molecule has 0 fully saturated rings. The number of anilines is 1. The Bertz CT molecular complexity index is 573. The second-order valence-corrected chi connectivity index (χ2v) is 7.68. The third-order valence-corrected chi connectivity index (χ3v) is 5.00. The number of hydrogen-bond donors (Lipinski definition) is 1. The Hall–Kier alpha value is -0.210. The molecular weight excluding hydrogens is 334 g/mol. The molecular formula is C10H13Cl2FN2O2S2. The molecule has 0 amide bonds. The smallest absolute Gasteiger partial charge is 0.195 e. The molecule has 0 heterocycles. The minimum atomic E-state index is -4.21. The molecule has 1 aromatic rings. The maximum atomic E-state index is 13.9. The highest BCUT2D eigenvalue weighted by Gasteiger charge is 2.43. The van der Waals surface area contributed by atoms with Crippen molar-refractivity contribution >= 4 is 51.7 Å². The zero-order valence-electron chi connectivity index (χ0n) is 10.4. The number of benzene rings is 1. The van der Waals surface area contributed by atoms with E-state index in [1.54, 1.807) is 19.1 Å². The molecule has 0 aromatic heterocycles. The number of alkyl halides is 3. The number of rotatable bonds is 4. The van der Waals surface area contributed by atoms with Crippen molar-refractivity contribution in [2.24, 2.45) is 0 Å². The van der Waals surface area contributed by atoms with Gasteiger partial charge in [-0.1, -0.05) is 6.07 Å². The predicted octanol–water partition coefficient (Wildman–Crippen LogP) is 2.95. The first-order valence-electron chi connectivity index (χ1n) is 5.07. The van der Waals surface area contributed by atoms with Gasteiger partial charge in [0.25, 0.3) is 0 Å². The quantitative estimate of drug-likeness (QED) is 0.517. The molecule has 0 saturated heterocycles. The van der Waals surface area contributed by atoms with Crippen LogP contribution in [0.15, 0.2) is 23.1 Å². The summed E-state index contributed by atoms with van der Waals surface area (Å²) in [7, 11) is -1.72. The Morgan fingerprint density at radius 2 is 1.84 bits per heavy atom. The fourth-order valence-electron chi connectivity index (χ4n) is 1.36. The van der Waals surface area contributed by atoms with E-state index < -0.39 is 14.9 Å². The van der Waals surface area contributed by atoms with E-state index in [2.05, 4.69) is 12.6 Å². The van der Waals surface area contributed by atoms with E-state index in [0.717, 1.165) is 9.87 Å². The molecule has 9 heteroatoms. The molecule has 1 rings (SSSR count). The van der Waals surface area contributed by atoms with E-state index in [1.807, 2.05) is 0 Å². The number of halogens is 3. The summed E-state index contributed by atoms with van der Waals surface area (Å²) in [6.45, 7) is 1.79. The van der Waals surface area contributed by atoms with Crippen LogP contribution in [-0.2, 0) is 10.2 Å². The van der Waals surface area contributed by atoms with Gasteiger partial charge in [-0.3, -0.25) is 0 Å². The molecule has 0 aliphatic heterocycles. The molecule has 0 saturated carbocycles. The third-order valence-electron chi connectivity index (χ3n) is 2.27. The highest BCUT2D eigenvalue weighted by atomic mass is 35.5. The Balaban J connectivity index is 3.51. The lowest BCUT2D eigenvalue weighted by molar-refractivity contribution is 0.393. The van der Waals surface area contributed by atoms with Gasteiger partial charge >= 0.3 is 14.9 Å². The van der Waals surface area contributed by atoms with Gasteiger partial charge in [0.15, 0.2) is 0 Å². The highest BCUT2D eigenvalue weighted by Crippen LogP contribution is 2.39. The topological polar surface area (TPSA) is 40.6 Å². The van der Waals surface area contributed by atoms with Crippen molar-refractivity contribution in [3.63, 3.8) is 0 Å². The molecule has 0 N–H and O–H groups in total. The molecule has 0 aliphatic carbocycles. The number of nitrogens with zero attached hydrogens (tertiary/aromatic N) is 2. The first-order chi connectivity index (χ1) is 8.48. The predicted molar refractivity (Wildman–Crippen MR) is 79.1 cm³/mol. The summed E-state index contributed by atoms with van der Waals surface area (Å²) in [5.41, 5.74) is 0.791. The van der Waals surface area contributed by atoms with Crippen molar-refractivity contribution < 1.29 is 12.8 Å². The van der Waals surface area contributed by atoms with Crippen LogP contribution in [0, 0.1) is 6.92 Å². The van der Waals surface area contributed by atoms with Crippen molar-refractivity contribution in [1.29, 1.82) is 0 Å². The summed E-state index contributed by atoms with van der Waals surface area (Å²) in [6.07, 6.45) is 0. The van der Waals surface area contributed by atoms with Gasteiger partial charge in [-0.05, 0) is 47.8 Å². The zero-order chi connectivity index (χ0) is 15.0. The number of hydrogen-bond acceptors (Lipinski definition) is 3. The lowest BCUT2D eigenvalue weighted by Gasteiger charge is -2.32. The molecule has 19 heavy (non-hydrogen) atoms. The molecule has 0 atom stereocenters. The molecule has 4 nitrogen and oxygen atoms in total. The second kappa shape index (κ2) is 5.65. The van der Waals surface area contributed by atoms with Gasteiger partial charge in [-0.15, -0.1) is 12.6 Å². The van der Waals surface area contributed by atoms with Crippen LogP contribution >= 0.6 is 35.8 Å². The maximum Gasteiger partial charge on any atom is 0.350 e. The third kappa shape index (κ3) is 3.66. The maximum absolute atomic E-state index is 13.9. The Kier molecular flexibility index (Phi) is 5.01. The van der Waals surface area contributed by atoms with Gasteiger partial charge in [-0.2, -0.15) is 21.4 Å². The van der Waals surface area contributed by atoms with Crippen LogP contribution in [0.5, 0.6) is 0 Å². The van der Waals surface area contributed by atoms with Gasteiger partial charge in [0.2, 0.25) is 0 Å². The first-order valence-corrected chi connectivity index (χ1v) is 7.67. The zero-order valence-corrected chi connectivity index (χ0v) is 13.7. The van der Waals surface area contributed by atoms with Crippen molar-refractivity contribution in [1.82, 2.24) is 4.31 Å². The van der Waals surface area contributed by atoms with Crippen molar-refractivity contribution in [3.8, 4) is 0 Å². The second-order valence-electron chi connectivity index (χ2n) is 4.01. The van der Waals surface area contributed by atoms with Crippen LogP contribution in [0.3, 0.4) is 0 Å². The summed E-state index contributed by atoms with van der Waals surface area (Å²) >= 11 is 14.8. The Morgan fingerprint density at radius 1 is 1.32 bits per heavy atom. The van der Waals surface area contributed by atoms with E-state index in [-0.39, 0.29) is 14.9 Å². The molecule has 108 valence electrons. The minimum absolute atomic E-state index is 0.0462. The van der Waals surface area contributed by atoms with Gasteiger partial charge in [0.1, 0.15) is 0 Å². The monoisotopic (exact) mass is 346 g/mol.